The fourth-order valence-corrected chi connectivity index (χ4v) is 4.44. The van der Waals surface area contributed by atoms with E-state index in [-0.39, 0.29) is 11.6 Å². The van der Waals surface area contributed by atoms with Crippen LogP contribution in [-0.4, -0.2) is 41.0 Å². The van der Waals surface area contributed by atoms with Gasteiger partial charge in [0.15, 0.2) is 6.10 Å². The molecule has 1 aromatic heterocycles. The summed E-state index contributed by atoms with van der Waals surface area (Å²) >= 11 is 1.15. The largest absolute Gasteiger partial charge is 0.477 e. The van der Waals surface area contributed by atoms with Crippen molar-refractivity contribution >= 4 is 23.2 Å². The number of aliphatic imine (C=N–C) groups is 1. The number of rotatable bonds is 4. The van der Waals surface area contributed by atoms with Gasteiger partial charge in [0.2, 0.25) is 5.90 Å². The molecule has 1 fully saturated rings. The molecule has 2 aromatic rings. The molecule has 1 saturated carbocycles. The molecule has 1 aromatic carbocycles. The van der Waals surface area contributed by atoms with E-state index in [1.54, 1.807) is 6.92 Å². The third kappa shape index (κ3) is 3.79. The number of carboxylic acid groups (broad SMARTS) is 1. The number of hydrogen-bond acceptors (Lipinski definition) is 6. The second-order valence-corrected chi connectivity index (χ2v) is 7.99. The van der Waals surface area contributed by atoms with Gasteiger partial charge in [-0.3, -0.25) is 0 Å². The monoisotopic (exact) mass is 404 g/mol. The summed E-state index contributed by atoms with van der Waals surface area (Å²) < 4.78 is 25.6. The lowest BCUT2D eigenvalue weighted by Crippen LogP contribution is -2.32. The molecule has 8 heteroatoms. The summed E-state index contributed by atoms with van der Waals surface area (Å²) in [4.78, 5) is 20.1. The highest BCUT2D eigenvalue weighted by molar-refractivity contribution is 7.17. The molecular weight excluding hydrogens is 383 g/mol. The van der Waals surface area contributed by atoms with E-state index in [1.165, 1.54) is 0 Å². The Kier molecular flexibility index (Phi) is 5.41. The molecule has 0 bridgehead atoms. The van der Waals surface area contributed by atoms with E-state index in [1.807, 2.05) is 24.3 Å². The summed E-state index contributed by atoms with van der Waals surface area (Å²) in [5.41, 5.74) is 2.20. The van der Waals surface area contributed by atoms with Crippen molar-refractivity contribution in [2.75, 3.05) is 6.73 Å². The Hall–Kier alpha value is -2.32. The van der Waals surface area contributed by atoms with Crippen LogP contribution in [0.2, 0.25) is 0 Å². The maximum Gasteiger partial charge on any atom is 0.347 e. The molecule has 1 N–H and O–H groups in total. The van der Waals surface area contributed by atoms with E-state index in [0.29, 0.717) is 29.4 Å². The predicted molar refractivity (Wildman–Crippen MR) is 104 cm³/mol. The maximum atomic E-state index is 14.1. The van der Waals surface area contributed by atoms with Crippen molar-refractivity contribution in [3.8, 4) is 10.6 Å². The third-order valence-corrected chi connectivity index (χ3v) is 6.23. The van der Waals surface area contributed by atoms with E-state index in [9.17, 15) is 14.3 Å². The number of nitrogens with zero attached hydrogens (tertiary/aromatic N) is 2. The van der Waals surface area contributed by atoms with Crippen LogP contribution >= 0.6 is 11.3 Å². The van der Waals surface area contributed by atoms with Crippen LogP contribution in [0.5, 0.6) is 0 Å². The second-order valence-electron chi connectivity index (χ2n) is 6.99. The van der Waals surface area contributed by atoms with Gasteiger partial charge in [0.1, 0.15) is 28.9 Å². The zero-order chi connectivity index (χ0) is 19.7. The van der Waals surface area contributed by atoms with Gasteiger partial charge in [0.25, 0.3) is 0 Å². The Balaban J connectivity index is 1.49. The van der Waals surface area contributed by atoms with Crippen molar-refractivity contribution in [3.05, 3.63) is 40.4 Å². The number of halogens is 1. The zero-order valence-corrected chi connectivity index (χ0v) is 16.2. The van der Waals surface area contributed by atoms with E-state index < -0.39 is 24.3 Å². The highest BCUT2D eigenvalue weighted by atomic mass is 32.1. The molecule has 0 radical (unpaired) electrons. The predicted octanol–water partition coefficient (Wildman–Crippen LogP) is 4.54. The minimum atomic E-state index is -0.968. The number of benzene rings is 1. The van der Waals surface area contributed by atoms with Crippen LogP contribution in [0, 0.1) is 6.92 Å². The SMILES string of the molecule is Cc1nc(-c2ccc(C3OCN=C3O[C@@H]3CCCC[C@H]3F)cc2)sc1C(=O)O. The highest BCUT2D eigenvalue weighted by Crippen LogP contribution is 2.32. The summed E-state index contributed by atoms with van der Waals surface area (Å²) in [5.74, 6) is -0.537. The highest BCUT2D eigenvalue weighted by Gasteiger charge is 2.33. The summed E-state index contributed by atoms with van der Waals surface area (Å²) in [6.07, 6.45) is 1.22. The average molecular weight is 404 g/mol. The Labute approximate surface area is 166 Å². The molecule has 0 spiro atoms. The van der Waals surface area contributed by atoms with Crippen molar-refractivity contribution in [1.82, 2.24) is 4.98 Å². The Bertz CT molecular complexity index is 896. The van der Waals surface area contributed by atoms with Gasteiger partial charge in [0, 0.05) is 5.56 Å². The van der Waals surface area contributed by atoms with Gasteiger partial charge in [-0.1, -0.05) is 30.7 Å². The van der Waals surface area contributed by atoms with Crippen LogP contribution < -0.4 is 0 Å². The molecule has 2 heterocycles. The fourth-order valence-electron chi connectivity index (χ4n) is 3.53. The molecule has 1 aliphatic carbocycles. The van der Waals surface area contributed by atoms with E-state index in [4.69, 9.17) is 9.47 Å². The summed E-state index contributed by atoms with van der Waals surface area (Å²) in [7, 11) is 0. The summed E-state index contributed by atoms with van der Waals surface area (Å²) in [6, 6.07) is 7.51. The van der Waals surface area contributed by atoms with Gasteiger partial charge in [-0.05, 0) is 31.7 Å². The maximum absolute atomic E-state index is 14.1. The quantitative estimate of drug-likeness (QED) is 0.809. The van der Waals surface area contributed by atoms with E-state index in [2.05, 4.69) is 9.98 Å². The number of aromatic nitrogens is 1. The second kappa shape index (κ2) is 7.97. The van der Waals surface area contributed by atoms with Crippen LogP contribution in [0.4, 0.5) is 4.39 Å². The molecule has 0 amide bonds. The molecule has 4 rings (SSSR count). The average Bonchev–Trinajstić information content (AvgIpc) is 3.30. The van der Waals surface area contributed by atoms with Crippen molar-refractivity contribution in [3.63, 3.8) is 0 Å². The van der Waals surface area contributed by atoms with Gasteiger partial charge in [-0.15, -0.1) is 11.3 Å². The van der Waals surface area contributed by atoms with Gasteiger partial charge in [-0.2, -0.15) is 0 Å². The van der Waals surface area contributed by atoms with Gasteiger partial charge < -0.3 is 14.6 Å². The normalized spacial score (nSPS) is 24.8. The van der Waals surface area contributed by atoms with Crippen molar-refractivity contribution in [1.29, 1.82) is 0 Å². The number of hydrogen-bond donors (Lipinski definition) is 1. The molecule has 28 heavy (non-hydrogen) atoms. The number of thiazole rings is 1. The first-order chi connectivity index (χ1) is 13.5. The van der Waals surface area contributed by atoms with Crippen molar-refractivity contribution in [2.45, 2.75) is 51.0 Å². The van der Waals surface area contributed by atoms with E-state index in [0.717, 1.165) is 35.3 Å². The number of aryl methyl sites for hydroxylation is 1. The number of carbonyl (C=O) groups is 1. The molecule has 6 nitrogen and oxygen atoms in total. The first-order valence-electron chi connectivity index (χ1n) is 9.30. The number of aromatic carboxylic acids is 1. The number of ether oxygens (including phenoxy) is 2. The lowest BCUT2D eigenvalue weighted by molar-refractivity contribution is 0.0390. The number of carboxylic acids is 1. The number of alkyl halides is 1. The van der Waals surface area contributed by atoms with Crippen LogP contribution in [0.3, 0.4) is 0 Å². The third-order valence-electron chi connectivity index (χ3n) is 5.03. The van der Waals surface area contributed by atoms with Crippen molar-refractivity contribution in [2.24, 2.45) is 4.99 Å². The molecule has 3 atom stereocenters. The zero-order valence-electron chi connectivity index (χ0n) is 15.4. The lowest BCUT2D eigenvalue weighted by atomic mass is 9.96. The minimum Gasteiger partial charge on any atom is -0.477 e. The molecule has 2 aliphatic rings. The van der Waals surface area contributed by atoms with Gasteiger partial charge >= 0.3 is 5.97 Å². The Morgan fingerprint density at radius 3 is 2.71 bits per heavy atom. The standard InChI is InChI=1S/C20H21FN2O4S/c1-11-17(20(24)25)28-19(23-11)13-8-6-12(7-9-13)16-18(22-10-26-16)27-15-5-3-2-4-14(15)21/h6-9,14-16H,2-5,10H2,1H3,(H,24,25)/t14-,15-,16?/m1/s1. The Morgan fingerprint density at radius 2 is 2.04 bits per heavy atom. The summed E-state index contributed by atoms with van der Waals surface area (Å²) in [5, 5.41) is 9.85. The lowest BCUT2D eigenvalue weighted by Gasteiger charge is -2.27. The molecular formula is C20H21FN2O4S. The first kappa shape index (κ1) is 19.0. The molecule has 1 unspecified atom stereocenters. The van der Waals surface area contributed by atoms with Crippen LogP contribution in [-0.2, 0) is 9.47 Å². The molecule has 0 saturated heterocycles. The smallest absolute Gasteiger partial charge is 0.347 e. The molecule has 1 aliphatic heterocycles. The van der Waals surface area contributed by atoms with Crippen LogP contribution in [0.1, 0.15) is 52.7 Å². The fraction of sp³-hybridized carbons (Fsp3) is 0.450. The van der Waals surface area contributed by atoms with Crippen molar-refractivity contribution < 1.29 is 23.8 Å². The van der Waals surface area contributed by atoms with Crippen LogP contribution in [0.25, 0.3) is 10.6 Å². The van der Waals surface area contributed by atoms with E-state index >= 15 is 0 Å². The van der Waals surface area contributed by atoms with Gasteiger partial charge in [-0.25, -0.2) is 19.2 Å². The topological polar surface area (TPSA) is 81.0 Å². The molecule has 148 valence electrons. The summed E-state index contributed by atoms with van der Waals surface area (Å²) in [6.45, 7) is 1.88. The minimum absolute atomic E-state index is 0.194. The van der Waals surface area contributed by atoms with Crippen LogP contribution in [0.15, 0.2) is 29.3 Å². The first-order valence-corrected chi connectivity index (χ1v) is 10.1. The Morgan fingerprint density at radius 1 is 1.29 bits per heavy atom. The van der Waals surface area contributed by atoms with Gasteiger partial charge in [0.05, 0.1) is 5.69 Å².